The lowest BCUT2D eigenvalue weighted by molar-refractivity contribution is 0.593. The van der Waals surface area contributed by atoms with E-state index in [1.165, 1.54) is 10.6 Å². The number of thioether (sulfide) groups is 1. The summed E-state index contributed by atoms with van der Waals surface area (Å²) in [7, 11) is 1.95. The van der Waals surface area contributed by atoms with Gasteiger partial charge in [0.25, 0.3) is 0 Å². The van der Waals surface area contributed by atoms with Crippen molar-refractivity contribution >= 4 is 11.8 Å². The van der Waals surface area contributed by atoms with Crippen LogP contribution in [0.2, 0.25) is 0 Å². The maximum Gasteiger partial charge on any atom is 0.0684 e. The molecule has 2 N–H and O–H groups in total. The number of rotatable bonds is 0. The van der Waals surface area contributed by atoms with E-state index >= 15 is 0 Å². The molecule has 1 aliphatic rings. The standard InChI is InChI=1S/C7H11N3S/c1-10-7-5(8)2-3-11-6(7)4-9-10/h4-5H,2-3,8H2,1H3/t5-/m1/s1. The number of aryl methyl sites for hydroxylation is 1. The molecule has 0 bridgehead atoms. The Kier molecular flexibility index (Phi) is 1.65. The Hall–Kier alpha value is -0.480. The topological polar surface area (TPSA) is 43.8 Å². The normalized spacial score (nSPS) is 23.3. The van der Waals surface area contributed by atoms with Crippen LogP contribution in [0.1, 0.15) is 18.2 Å². The average Bonchev–Trinajstić information content (AvgIpc) is 2.34. The van der Waals surface area contributed by atoms with Gasteiger partial charge in [0.05, 0.1) is 16.8 Å². The van der Waals surface area contributed by atoms with Gasteiger partial charge in [-0.15, -0.1) is 11.8 Å². The first-order chi connectivity index (χ1) is 5.29. The lowest BCUT2D eigenvalue weighted by atomic mass is 10.1. The van der Waals surface area contributed by atoms with Gasteiger partial charge in [-0.25, -0.2) is 0 Å². The molecule has 1 aliphatic heterocycles. The number of fused-ring (bicyclic) bond motifs is 1. The van der Waals surface area contributed by atoms with Crippen molar-refractivity contribution in [1.82, 2.24) is 9.78 Å². The van der Waals surface area contributed by atoms with E-state index < -0.39 is 0 Å². The molecular formula is C7H11N3S. The van der Waals surface area contributed by atoms with Crippen molar-refractivity contribution in [3.63, 3.8) is 0 Å². The zero-order chi connectivity index (χ0) is 7.84. The second-order valence-electron chi connectivity index (χ2n) is 2.76. The highest BCUT2D eigenvalue weighted by molar-refractivity contribution is 7.99. The van der Waals surface area contributed by atoms with Crippen LogP contribution in [0.25, 0.3) is 0 Å². The summed E-state index contributed by atoms with van der Waals surface area (Å²) in [5.74, 6) is 1.12. The highest BCUT2D eigenvalue weighted by Gasteiger charge is 2.20. The summed E-state index contributed by atoms with van der Waals surface area (Å²) in [6, 6.07) is 0.193. The zero-order valence-electron chi connectivity index (χ0n) is 6.45. The maximum absolute atomic E-state index is 5.92. The second kappa shape index (κ2) is 2.53. The van der Waals surface area contributed by atoms with Crippen molar-refractivity contribution < 1.29 is 0 Å². The predicted molar refractivity (Wildman–Crippen MR) is 45.5 cm³/mol. The third-order valence-corrected chi connectivity index (χ3v) is 3.05. The third kappa shape index (κ3) is 1.06. The Morgan fingerprint density at radius 3 is 3.36 bits per heavy atom. The van der Waals surface area contributed by atoms with E-state index in [2.05, 4.69) is 5.10 Å². The van der Waals surface area contributed by atoms with Gasteiger partial charge in [0.15, 0.2) is 0 Å². The molecule has 2 heterocycles. The van der Waals surface area contributed by atoms with E-state index in [4.69, 9.17) is 5.73 Å². The minimum Gasteiger partial charge on any atom is -0.323 e. The molecule has 1 aromatic rings. The van der Waals surface area contributed by atoms with E-state index in [9.17, 15) is 0 Å². The van der Waals surface area contributed by atoms with E-state index in [1.807, 2.05) is 29.7 Å². The molecule has 0 amide bonds. The van der Waals surface area contributed by atoms with Gasteiger partial charge in [0.1, 0.15) is 0 Å². The highest BCUT2D eigenvalue weighted by atomic mass is 32.2. The molecule has 0 aliphatic carbocycles. The van der Waals surface area contributed by atoms with Crippen molar-refractivity contribution in [2.45, 2.75) is 17.4 Å². The van der Waals surface area contributed by atoms with Crippen LogP contribution in [0, 0.1) is 0 Å². The molecule has 1 atom stereocenters. The first kappa shape index (κ1) is 7.18. The lowest BCUT2D eigenvalue weighted by Gasteiger charge is -2.18. The van der Waals surface area contributed by atoms with Gasteiger partial charge in [-0.1, -0.05) is 0 Å². The largest absolute Gasteiger partial charge is 0.323 e. The monoisotopic (exact) mass is 169 g/mol. The summed E-state index contributed by atoms with van der Waals surface area (Å²) in [6.07, 6.45) is 2.97. The van der Waals surface area contributed by atoms with Crippen LogP contribution in [0.4, 0.5) is 0 Å². The second-order valence-corrected chi connectivity index (χ2v) is 3.90. The Morgan fingerprint density at radius 2 is 2.64 bits per heavy atom. The van der Waals surface area contributed by atoms with Gasteiger partial charge in [-0.05, 0) is 12.2 Å². The molecule has 0 radical (unpaired) electrons. The van der Waals surface area contributed by atoms with Crippen molar-refractivity contribution in [2.75, 3.05) is 5.75 Å². The fraction of sp³-hybridized carbons (Fsp3) is 0.571. The minimum atomic E-state index is 0.193. The molecule has 0 saturated heterocycles. The Labute approximate surface area is 70.0 Å². The first-order valence-corrected chi connectivity index (χ1v) is 4.68. The summed E-state index contributed by atoms with van der Waals surface area (Å²) in [5, 5.41) is 4.16. The molecule has 4 heteroatoms. The van der Waals surface area contributed by atoms with Gasteiger partial charge >= 0.3 is 0 Å². The number of aromatic nitrogens is 2. The Morgan fingerprint density at radius 1 is 1.82 bits per heavy atom. The van der Waals surface area contributed by atoms with Crippen LogP contribution in [0.15, 0.2) is 11.1 Å². The van der Waals surface area contributed by atoms with E-state index in [0.29, 0.717) is 0 Å². The molecular weight excluding hydrogens is 158 g/mol. The molecule has 0 spiro atoms. The van der Waals surface area contributed by atoms with Gasteiger partial charge < -0.3 is 5.73 Å². The fourth-order valence-electron chi connectivity index (χ4n) is 1.39. The lowest BCUT2D eigenvalue weighted by Crippen LogP contribution is -2.18. The van der Waals surface area contributed by atoms with Crippen LogP contribution in [0.5, 0.6) is 0 Å². The van der Waals surface area contributed by atoms with Crippen LogP contribution in [-0.2, 0) is 7.05 Å². The molecule has 0 unspecified atom stereocenters. The van der Waals surface area contributed by atoms with Gasteiger partial charge in [0.2, 0.25) is 0 Å². The number of nitrogens with two attached hydrogens (primary N) is 1. The van der Waals surface area contributed by atoms with E-state index in [0.717, 1.165) is 12.2 Å². The van der Waals surface area contributed by atoms with Crippen LogP contribution < -0.4 is 5.73 Å². The van der Waals surface area contributed by atoms with Crippen molar-refractivity contribution in [3.8, 4) is 0 Å². The summed E-state index contributed by atoms with van der Waals surface area (Å²) in [6.45, 7) is 0. The summed E-state index contributed by atoms with van der Waals surface area (Å²) in [4.78, 5) is 1.26. The van der Waals surface area contributed by atoms with Crippen molar-refractivity contribution in [2.24, 2.45) is 12.8 Å². The van der Waals surface area contributed by atoms with E-state index in [-0.39, 0.29) is 6.04 Å². The quantitative estimate of drug-likeness (QED) is 0.628. The van der Waals surface area contributed by atoms with Gasteiger partial charge in [-0.2, -0.15) is 5.10 Å². The molecule has 3 nitrogen and oxygen atoms in total. The third-order valence-electron chi connectivity index (χ3n) is 1.99. The molecule has 0 saturated carbocycles. The average molecular weight is 169 g/mol. The number of hydrogen-bond acceptors (Lipinski definition) is 3. The smallest absolute Gasteiger partial charge is 0.0684 e. The molecule has 11 heavy (non-hydrogen) atoms. The van der Waals surface area contributed by atoms with Crippen LogP contribution in [-0.4, -0.2) is 15.5 Å². The fourth-order valence-corrected chi connectivity index (χ4v) is 2.54. The van der Waals surface area contributed by atoms with Gasteiger partial charge in [-0.3, -0.25) is 4.68 Å². The predicted octanol–water partition coefficient (Wildman–Crippen LogP) is 0.916. The highest BCUT2D eigenvalue weighted by Crippen LogP contribution is 2.33. The number of hydrogen-bond donors (Lipinski definition) is 1. The Balaban J connectivity index is 2.48. The first-order valence-electron chi connectivity index (χ1n) is 3.69. The summed E-state index contributed by atoms with van der Waals surface area (Å²) < 4.78 is 1.88. The molecule has 60 valence electrons. The van der Waals surface area contributed by atoms with Crippen LogP contribution >= 0.6 is 11.8 Å². The number of nitrogens with zero attached hydrogens (tertiary/aromatic N) is 2. The molecule has 1 aromatic heterocycles. The van der Waals surface area contributed by atoms with Crippen molar-refractivity contribution in [3.05, 3.63) is 11.9 Å². The SMILES string of the molecule is Cn1ncc2c1[C@H](N)CCS2. The molecule has 0 fully saturated rings. The molecule has 0 aromatic carbocycles. The summed E-state index contributed by atoms with van der Waals surface area (Å²) in [5.41, 5.74) is 7.11. The van der Waals surface area contributed by atoms with Gasteiger partial charge in [0, 0.05) is 13.1 Å². The maximum atomic E-state index is 5.92. The van der Waals surface area contributed by atoms with E-state index in [1.54, 1.807) is 0 Å². The van der Waals surface area contributed by atoms with Crippen molar-refractivity contribution in [1.29, 1.82) is 0 Å². The minimum absolute atomic E-state index is 0.193. The zero-order valence-corrected chi connectivity index (χ0v) is 7.27. The summed E-state index contributed by atoms with van der Waals surface area (Å²) >= 11 is 1.85. The molecule has 2 rings (SSSR count). The van der Waals surface area contributed by atoms with Crippen LogP contribution in [0.3, 0.4) is 0 Å². The Bertz CT molecular complexity index is 269.